The van der Waals surface area contributed by atoms with Gasteiger partial charge in [-0.25, -0.2) is 4.39 Å². The van der Waals surface area contributed by atoms with Crippen molar-refractivity contribution in [2.45, 2.75) is 32.4 Å². The highest BCUT2D eigenvalue weighted by molar-refractivity contribution is 5.94. The standard InChI is InChI=1S/C21H24FN3O2/c1-14(21(27)25(2)13-15-4-3-5-17(22)12-15)23-18-8-10-19(11-9-18)24-20(26)16-6-7-16/h3-5,8-12,14,16,23H,6-7,13H2,1-2H3,(H,24,26). The highest BCUT2D eigenvalue weighted by Gasteiger charge is 2.29. The van der Waals surface area contributed by atoms with Crippen LogP contribution in [0.5, 0.6) is 0 Å². The Morgan fingerprint density at radius 1 is 1.15 bits per heavy atom. The number of halogens is 1. The highest BCUT2D eigenvalue weighted by atomic mass is 19.1. The minimum atomic E-state index is -0.435. The summed E-state index contributed by atoms with van der Waals surface area (Å²) in [6.45, 7) is 2.13. The van der Waals surface area contributed by atoms with Crippen LogP contribution in [-0.2, 0) is 16.1 Å². The summed E-state index contributed by atoms with van der Waals surface area (Å²) in [5, 5.41) is 6.04. The number of anilines is 2. The van der Waals surface area contributed by atoms with Crippen LogP contribution in [0.1, 0.15) is 25.3 Å². The van der Waals surface area contributed by atoms with Crippen molar-refractivity contribution in [3.05, 3.63) is 59.9 Å². The Balaban J connectivity index is 1.53. The van der Waals surface area contributed by atoms with Crippen LogP contribution in [-0.4, -0.2) is 29.8 Å². The van der Waals surface area contributed by atoms with Gasteiger partial charge >= 0.3 is 0 Å². The molecule has 1 fully saturated rings. The topological polar surface area (TPSA) is 61.4 Å². The zero-order valence-corrected chi connectivity index (χ0v) is 15.5. The zero-order chi connectivity index (χ0) is 19.4. The second kappa shape index (κ2) is 8.20. The Kier molecular flexibility index (Phi) is 5.74. The maximum Gasteiger partial charge on any atom is 0.244 e. The molecule has 0 saturated heterocycles. The van der Waals surface area contributed by atoms with Crippen LogP contribution in [0.25, 0.3) is 0 Å². The molecule has 1 aliphatic rings. The summed E-state index contributed by atoms with van der Waals surface area (Å²) in [5.74, 6) is -0.175. The number of hydrogen-bond acceptors (Lipinski definition) is 3. The first-order valence-electron chi connectivity index (χ1n) is 9.09. The molecule has 2 aromatic rings. The molecule has 1 saturated carbocycles. The van der Waals surface area contributed by atoms with Gasteiger partial charge in [0.05, 0.1) is 0 Å². The second-order valence-electron chi connectivity index (χ2n) is 7.03. The van der Waals surface area contributed by atoms with E-state index in [-0.39, 0.29) is 23.5 Å². The maximum absolute atomic E-state index is 13.3. The molecule has 0 spiro atoms. The Morgan fingerprint density at radius 2 is 1.81 bits per heavy atom. The van der Waals surface area contributed by atoms with Crippen LogP contribution in [0.3, 0.4) is 0 Å². The van der Waals surface area contributed by atoms with Gasteiger partial charge in [-0.05, 0) is 61.7 Å². The van der Waals surface area contributed by atoms with Gasteiger partial charge in [-0.3, -0.25) is 9.59 Å². The molecule has 1 unspecified atom stereocenters. The highest BCUT2D eigenvalue weighted by Crippen LogP contribution is 2.30. The van der Waals surface area contributed by atoms with E-state index >= 15 is 0 Å². The Morgan fingerprint density at radius 3 is 2.44 bits per heavy atom. The number of likely N-dealkylation sites (N-methyl/N-ethyl adjacent to an activating group) is 1. The lowest BCUT2D eigenvalue weighted by Gasteiger charge is -2.23. The molecule has 0 aromatic heterocycles. The van der Waals surface area contributed by atoms with Crippen molar-refractivity contribution in [3.8, 4) is 0 Å². The molecule has 0 radical (unpaired) electrons. The van der Waals surface area contributed by atoms with Gasteiger partial charge in [-0.2, -0.15) is 0 Å². The monoisotopic (exact) mass is 369 g/mol. The Labute approximate surface area is 158 Å². The third kappa shape index (κ3) is 5.29. The van der Waals surface area contributed by atoms with E-state index in [0.717, 1.165) is 29.8 Å². The second-order valence-corrected chi connectivity index (χ2v) is 7.03. The fourth-order valence-electron chi connectivity index (χ4n) is 2.87. The van der Waals surface area contributed by atoms with E-state index in [1.165, 1.54) is 12.1 Å². The lowest BCUT2D eigenvalue weighted by molar-refractivity contribution is -0.130. The Bertz CT molecular complexity index is 818. The van der Waals surface area contributed by atoms with Crippen molar-refractivity contribution in [1.29, 1.82) is 0 Å². The summed E-state index contributed by atoms with van der Waals surface area (Å²) in [5.41, 5.74) is 2.29. The first-order chi connectivity index (χ1) is 12.9. The molecule has 6 heteroatoms. The molecule has 2 amide bonds. The van der Waals surface area contributed by atoms with Gasteiger partial charge in [0.1, 0.15) is 11.9 Å². The van der Waals surface area contributed by atoms with Crippen molar-refractivity contribution in [2.75, 3.05) is 17.7 Å². The van der Waals surface area contributed by atoms with E-state index in [1.54, 1.807) is 31.0 Å². The predicted octanol–water partition coefficient (Wildman–Crippen LogP) is 3.63. The van der Waals surface area contributed by atoms with Crippen molar-refractivity contribution in [1.82, 2.24) is 4.90 Å². The average molecular weight is 369 g/mol. The quantitative estimate of drug-likeness (QED) is 0.783. The van der Waals surface area contributed by atoms with Crippen LogP contribution >= 0.6 is 0 Å². The van der Waals surface area contributed by atoms with Crippen LogP contribution in [0.4, 0.5) is 15.8 Å². The van der Waals surface area contributed by atoms with Crippen LogP contribution in [0.2, 0.25) is 0 Å². The lowest BCUT2D eigenvalue weighted by atomic mass is 10.2. The SMILES string of the molecule is CC(Nc1ccc(NC(=O)C2CC2)cc1)C(=O)N(C)Cc1cccc(F)c1. The van der Waals surface area contributed by atoms with Gasteiger partial charge in [0, 0.05) is 30.9 Å². The molecular weight excluding hydrogens is 345 g/mol. The first-order valence-corrected chi connectivity index (χ1v) is 9.09. The number of benzene rings is 2. The third-order valence-electron chi connectivity index (χ3n) is 4.54. The number of rotatable bonds is 7. The van der Waals surface area contributed by atoms with Gasteiger partial charge in [-0.15, -0.1) is 0 Å². The Hall–Kier alpha value is -2.89. The molecule has 27 heavy (non-hydrogen) atoms. The summed E-state index contributed by atoms with van der Waals surface area (Å²) in [7, 11) is 1.70. The molecule has 5 nitrogen and oxygen atoms in total. The summed E-state index contributed by atoms with van der Waals surface area (Å²) in [6.07, 6.45) is 1.93. The number of carbonyl (C=O) groups excluding carboxylic acids is 2. The number of carbonyl (C=O) groups is 2. The number of nitrogens with one attached hydrogen (secondary N) is 2. The van der Waals surface area contributed by atoms with E-state index < -0.39 is 6.04 Å². The summed E-state index contributed by atoms with van der Waals surface area (Å²) in [4.78, 5) is 25.9. The van der Waals surface area contributed by atoms with E-state index in [0.29, 0.717) is 6.54 Å². The fraction of sp³-hybridized carbons (Fsp3) is 0.333. The summed E-state index contributed by atoms with van der Waals surface area (Å²) < 4.78 is 13.3. The van der Waals surface area contributed by atoms with Crippen molar-refractivity contribution in [3.63, 3.8) is 0 Å². The van der Waals surface area contributed by atoms with Gasteiger partial charge in [0.2, 0.25) is 11.8 Å². The van der Waals surface area contributed by atoms with Gasteiger partial charge < -0.3 is 15.5 Å². The molecule has 142 valence electrons. The fourth-order valence-corrected chi connectivity index (χ4v) is 2.87. The minimum Gasteiger partial charge on any atom is -0.374 e. The molecule has 2 aromatic carbocycles. The van der Waals surface area contributed by atoms with Gasteiger partial charge in [0.25, 0.3) is 0 Å². The lowest BCUT2D eigenvalue weighted by Crippen LogP contribution is -2.38. The summed E-state index contributed by atoms with van der Waals surface area (Å²) >= 11 is 0. The normalized spacial score (nSPS) is 14.3. The van der Waals surface area contributed by atoms with E-state index in [2.05, 4.69) is 10.6 Å². The molecule has 1 aliphatic carbocycles. The molecule has 0 bridgehead atoms. The van der Waals surface area contributed by atoms with E-state index in [9.17, 15) is 14.0 Å². The van der Waals surface area contributed by atoms with Crippen molar-refractivity contribution < 1.29 is 14.0 Å². The number of hydrogen-bond donors (Lipinski definition) is 2. The smallest absolute Gasteiger partial charge is 0.244 e. The minimum absolute atomic E-state index is 0.0678. The summed E-state index contributed by atoms with van der Waals surface area (Å²) in [6, 6.07) is 13.1. The molecular formula is C21H24FN3O2. The maximum atomic E-state index is 13.3. The largest absolute Gasteiger partial charge is 0.374 e. The number of nitrogens with zero attached hydrogens (tertiary/aromatic N) is 1. The van der Waals surface area contributed by atoms with Crippen LogP contribution in [0.15, 0.2) is 48.5 Å². The van der Waals surface area contributed by atoms with E-state index in [4.69, 9.17) is 0 Å². The van der Waals surface area contributed by atoms with Gasteiger partial charge in [-0.1, -0.05) is 12.1 Å². The molecule has 3 rings (SSSR count). The van der Waals surface area contributed by atoms with Crippen molar-refractivity contribution in [2.24, 2.45) is 5.92 Å². The predicted molar refractivity (Wildman–Crippen MR) is 104 cm³/mol. The average Bonchev–Trinajstić information content (AvgIpc) is 3.48. The molecule has 0 aliphatic heterocycles. The molecule has 0 heterocycles. The third-order valence-corrected chi connectivity index (χ3v) is 4.54. The first kappa shape index (κ1) is 18.9. The van der Waals surface area contributed by atoms with Gasteiger partial charge in [0.15, 0.2) is 0 Å². The number of amides is 2. The van der Waals surface area contributed by atoms with E-state index in [1.807, 2.05) is 24.3 Å². The molecule has 1 atom stereocenters. The van der Waals surface area contributed by atoms with Crippen molar-refractivity contribution >= 4 is 23.2 Å². The van der Waals surface area contributed by atoms with Crippen LogP contribution < -0.4 is 10.6 Å². The van der Waals surface area contributed by atoms with Crippen LogP contribution in [0, 0.1) is 11.7 Å². The zero-order valence-electron chi connectivity index (χ0n) is 15.5. The molecule has 2 N–H and O–H groups in total.